The standard InChI is InChI=1S/C21H22ClN3O4S/c1-25-9-3-6-20(25)24-30(27,28)18-5-2-4-17(12-18)23-21(26)15-10-14-11-16(22)7-8-19(14)29-13-15/h2,4-5,7-8,11-12,15H,3,6,9-10,13H2,1H3,(H,23,26). The molecule has 1 unspecified atom stereocenters. The topological polar surface area (TPSA) is 88.1 Å². The fourth-order valence-electron chi connectivity index (χ4n) is 3.61. The Kier molecular flexibility index (Phi) is 5.71. The van der Waals surface area contributed by atoms with Crippen molar-refractivity contribution in [2.45, 2.75) is 24.2 Å². The summed E-state index contributed by atoms with van der Waals surface area (Å²) in [6.07, 6.45) is 2.03. The number of nitrogens with one attached hydrogen (secondary N) is 1. The minimum absolute atomic E-state index is 0.0464. The second kappa shape index (κ2) is 8.28. The number of hydrogen-bond acceptors (Lipinski definition) is 4. The van der Waals surface area contributed by atoms with E-state index in [0.717, 1.165) is 24.3 Å². The molecule has 30 heavy (non-hydrogen) atoms. The van der Waals surface area contributed by atoms with Crippen LogP contribution in [0.15, 0.2) is 51.8 Å². The molecule has 2 heterocycles. The number of fused-ring (bicyclic) bond motifs is 1. The molecule has 0 radical (unpaired) electrons. The number of ether oxygens (including phenoxy) is 1. The number of amides is 1. The van der Waals surface area contributed by atoms with Gasteiger partial charge in [-0.3, -0.25) is 4.79 Å². The molecule has 0 saturated carbocycles. The number of halogens is 1. The van der Waals surface area contributed by atoms with E-state index in [9.17, 15) is 13.2 Å². The van der Waals surface area contributed by atoms with Crippen molar-refractivity contribution in [3.05, 3.63) is 53.1 Å². The molecule has 1 atom stereocenters. The minimum atomic E-state index is -3.85. The lowest BCUT2D eigenvalue weighted by atomic mass is 9.96. The summed E-state index contributed by atoms with van der Waals surface area (Å²) >= 11 is 6.04. The maximum absolute atomic E-state index is 12.7. The Morgan fingerprint density at radius 2 is 2.10 bits per heavy atom. The molecule has 1 N–H and O–H groups in total. The van der Waals surface area contributed by atoms with Gasteiger partial charge in [-0.05, 0) is 54.8 Å². The van der Waals surface area contributed by atoms with E-state index in [0.29, 0.717) is 29.4 Å². The summed E-state index contributed by atoms with van der Waals surface area (Å²) in [7, 11) is -2.02. The van der Waals surface area contributed by atoms with Crippen LogP contribution in [-0.2, 0) is 21.2 Å². The first-order valence-corrected chi connectivity index (χ1v) is 11.5. The van der Waals surface area contributed by atoms with Crippen LogP contribution in [0.2, 0.25) is 5.02 Å². The Balaban J connectivity index is 1.49. The van der Waals surface area contributed by atoms with Gasteiger partial charge in [-0.25, -0.2) is 0 Å². The van der Waals surface area contributed by atoms with Gasteiger partial charge in [-0.15, -0.1) is 4.40 Å². The molecule has 0 spiro atoms. The summed E-state index contributed by atoms with van der Waals surface area (Å²) in [4.78, 5) is 14.6. The van der Waals surface area contributed by atoms with E-state index in [1.54, 1.807) is 30.3 Å². The van der Waals surface area contributed by atoms with Gasteiger partial charge in [0.1, 0.15) is 18.2 Å². The van der Waals surface area contributed by atoms with Gasteiger partial charge >= 0.3 is 0 Å². The van der Waals surface area contributed by atoms with Crippen LogP contribution in [0.4, 0.5) is 5.69 Å². The van der Waals surface area contributed by atoms with E-state index in [1.807, 2.05) is 11.9 Å². The summed E-state index contributed by atoms with van der Waals surface area (Å²) in [5.74, 6) is 0.647. The monoisotopic (exact) mass is 447 g/mol. The second-order valence-corrected chi connectivity index (χ2v) is 9.53. The third kappa shape index (κ3) is 4.44. The highest BCUT2D eigenvalue weighted by Gasteiger charge is 2.27. The number of sulfonamides is 1. The van der Waals surface area contributed by atoms with E-state index >= 15 is 0 Å². The van der Waals surface area contributed by atoms with Gasteiger partial charge in [0.2, 0.25) is 5.91 Å². The smallest absolute Gasteiger partial charge is 0.284 e. The van der Waals surface area contributed by atoms with E-state index in [2.05, 4.69) is 9.71 Å². The molecule has 0 bridgehead atoms. The molecule has 2 aliphatic heterocycles. The summed E-state index contributed by atoms with van der Waals surface area (Å²) in [5, 5.41) is 3.39. The molecule has 2 aromatic carbocycles. The second-order valence-electron chi connectivity index (χ2n) is 7.49. The van der Waals surface area contributed by atoms with Crippen molar-refractivity contribution in [1.29, 1.82) is 0 Å². The highest BCUT2D eigenvalue weighted by atomic mass is 35.5. The molecular weight excluding hydrogens is 426 g/mol. The van der Waals surface area contributed by atoms with Crippen LogP contribution in [0.1, 0.15) is 18.4 Å². The first kappa shape index (κ1) is 20.7. The van der Waals surface area contributed by atoms with E-state index in [-0.39, 0.29) is 17.4 Å². The Bertz CT molecular complexity index is 1120. The largest absolute Gasteiger partial charge is 0.492 e. The Hall–Kier alpha value is -2.58. The number of carbonyl (C=O) groups is 1. The normalized spacial score (nSPS) is 20.0. The molecule has 1 saturated heterocycles. The lowest BCUT2D eigenvalue weighted by Crippen LogP contribution is -2.32. The van der Waals surface area contributed by atoms with Crippen molar-refractivity contribution in [2.75, 3.05) is 25.5 Å². The molecule has 1 fully saturated rings. The maximum atomic E-state index is 12.7. The average Bonchev–Trinajstić information content (AvgIpc) is 3.11. The van der Waals surface area contributed by atoms with Crippen LogP contribution >= 0.6 is 11.6 Å². The molecule has 9 heteroatoms. The van der Waals surface area contributed by atoms with Gasteiger partial charge in [0.25, 0.3) is 10.0 Å². The highest BCUT2D eigenvalue weighted by molar-refractivity contribution is 7.90. The first-order chi connectivity index (χ1) is 14.3. The van der Waals surface area contributed by atoms with Crippen molar-refractivity contribution >= 4 is 39.1 Å². The first-order valence-electron chi connectivity index (χ1n) is 9.69. The zero-order chi connectivity index (χ0) is 21.3. The molecule has 2 aliphatic rings. The molecule has 4 rings (SSSR count). The third-order valence-electron chi connectivity index (χ3n) is 5.26. The predicted molar refractivity (Wildman–Crippen MR) is 116 cm³/mol. The number of hydrogen-bond donors (Lipinski definition) is 1. The lowest BCUT2D eigenvalue weighted by molar-refractivity contribution is -0.121. The van der Waals surface area contributed by atoms with Crippen molar-refractivity contribution in [3.8, 4) is 5.75 Å². The summed E-state index contributed by atoms with van der Waals surface area (Å²) in [6, 6.07) is 11.5. The van der Waals surface area contributed by atoms with Crippen LogP contribution in [0.25, 0.3) is 0 Å². The Morgan fingerprint density at radius 3 is 2.87 bits per heavy atom. The SMILES string of the molecule is CN1CCCC1=NS(=O)(=O)c1cccc(NC(=O)C2COc3ccc(Cl)cc3C2)c1. The molecule has 2 aromatic rings. The lowest BCUT2D eigenvalue weighted by Gasteiger charge is -2.24. The van der Waals surface area contributed by atoms with Gasteiger partial charge in [0.15, 0.2) is 0 Å². The van der Waals surface area contributed by atoms with Gasteiger partial charge in [-0.1, -0.05) is 17.7 Å². The summed E-state index contributed by atoms with van der Waals surface area (Å²) in [5.41, 5.74) is 1.28. The summed E-state index contributed by atoms with van der Waals surface area (Å²) < 4.78 is 35.0. The number of rotatable bonds is 4. The van der Waals surface area contributed by atoms with E-state index in [4.69, 9.17) is 16.3 Å². The van der Waals surface area contributed by atoms with Crippen LogP contribution in [0.3, 0.4) is 0 Å². The van der Waals surface area contributed by atoms with Gasteiger partial charge in [0, 0.05) is 30.7 Å². The average molecular weight is 448 g/mol. The van der Waals surface area contributed by atoms with Crippen molar-refractivity contribution in [3.63, 3.8) is 0 Å². The van der Waals surface area contributed by atoms with E-state index in [1.165, 1.54) is 12.1 Å². The quantitative estimate of drug-likeness (QED) is 0.776. The van der Waals surface area contributed by atoms with Crippen molar-refractivity contribution in [2.24, 2.45) is 10.3 Å². The number of nitrogens with zero attached hydrogens (tertiary/aromatic N) is 2. The third-order valence-corrected chi connectivity index (χ3v) is 6.80. The maximum Gasteiger partial charge on any atom is 0.284 e. The fourth-order valence-corrected chi connectivity index (χ4v) is 4.95. The number of anilines is 1. The Morgan fingerprint density at radius 1 is 1.27 bits per heavy atom. The van der Waals surface area contributed by atoms with Gasteiger partial charge in [-0.2, -0.15) is 8.42 Å². The molecule has 7 nitrogen and oxygen atoms in total. The molecule has 1 amide bonds. The molecule has 158 valence electrons. The number of carbonyl (C=O) groups excluding carboxylic acids is 1. The molecule has 0 aliphatic carbocycles. The van der Waals surface area contributed by atoms with Crippen molar-refractivity contribution in [1.82, 2.24) is 4.90 Å². The zero-order valence-electron chi connectivity index (χ0n) is 16.5. The van der Waals surface area contributed by atoms with Crippen LogP contribution in [-0.4, -0.2) is 45.3 Å². The number of benzene rings is 2. The van der Waals surface area contributed by atoms with Crippen LogP contribution in [0, 0.1) is 5.92 Å². The zero-order valence-corrected chi connectivity index (χ0v) is 18.0. The minimum Gasteiger partial charge on any atom is -0.492 e. The Labute approximate surface area is 180 Å². The van der Waals surface area contributed by atoms with Crippen molar-refractivity contribution < 1.29 is 17.9 Å². The highest BCUT2D eigenvalue weighted by Crippen LogP contribution is 2.30. The molecular formula is C21H22ClN3O4S. The predicted octanol–water partition coefficient (Wildman–Crippen LogP) is 3.34. The van der Waals surface area contributed by atoms with Gasteiger partial charge < -0.3 is 15.0 Å². The fraction of sp³-hybridized carbons (Fsp3) is 0.333. The number of likely N-dealkylation sites (tertiary alicyclic amines) is 1. The summed E-state index contributed by atoms with van der Waals surface area (Å²) in [6.45, 7) is 1.04. The van der Waals surface area contributed by atoms with Crippen LogP contribution < -0.4 is 10.1 Å². The van der Waals surface area contributed by atoms with Gasteiger partial charge in [0.05, 0.1) is 10.8 Å². The molecule has 0 aromatic heterocycles. The van der Waals surface area contributed by atoms with Crippen LogP contribution in [0.5, 0.6) is 5.75 Å². The van der Waals surface area contributed by atoms with E-state index < -0.39 is 15.9 Å². The number of amidine groups is 1.